The Morgan fingerprint density at radius 3 is 2.26 bits per heavy atom. The standard InChI is InChI=1S/C14H22N4O5/c15-5-6-16-12(20)4-9-23-10-7-17-11(19)3-8-18-13(21)1-2-14(18)22/h1-2H,3-10,15H2,(H,16,20)(H,17,19). The maximum absolute atomic E-state index is 11.6. The van der Waals surface area contributed by atoms with Crippen molar-refractivity contribution in [3.8, 4) is 0 Å². The normalized spacial score (nSPS) is 13.5. The molecule has 0 bridgehead atoms. The summed E-state index contributed by atoms with van der Waals surface area (Å²) in [5, 5.41) is 5.22. The second kappa shape index (κ2) is 10.5. The van der Waals surface area contributed by atoms with Crippen molar-refractivity contribution in [2.24, 2.45) is 5.73 Å². The second-order valence-electron chi connectivity index (χ2n) is 4.76. The van der Waals surface area contributed by atoms with Crippen LogP contribution in [-0.4, -0.2) is 67.9 Å². The summed E-state index contributed by atoms with van der Waals surface area (Å²) < 4.78 is 5.21. The molecule has 0 unspecified atom stereocenters. The van der Waals surface area contributed by atoms with Crippen molar-refractivity contribution >= 4 is 23.6 Å². The zero-order valence-corrected chi connectivity index (χ0v) is 12.9. The number of nitrogens with two attached hydrogens (primary N) is 1. The molecule has 1 rings (SSSR count). The Morgan fingerprint density at radius 2 is 1.61 bits per heavy atom. The van der Waals surface area contributed by atoms with Crippen LogP contribution in [0.15, 0.2) is 12.2 Å². The van der Waals surface area contributed by atoms with Crippen LogP contribution in [-0.2, 0) is 23.9 Å². The second-order valence-corrected chi connectivity index (χ2v) is 4.76. The van der Waals surface area contributed by atoms with Crippen LogP contribution in [0.1, 0.15) is 12.8 Å². The number of rotatable bonds is 11. The van der Waals surface area contributed by atoms with E-state index in [9.17, 15) is 19.2 Å². The highest BCUT2D eigenvalue weighted by atomic mass is 16.5. The Labute approximate surface area is 134 Å². The van der Waals surface area contributed by atoms with Crippen molar-refractivity contribution in [3.05, 3.63) is 12.2 Å². The zero-order chi connectivity index (χ0) is 17.1. The first kappa shape index (κ1) is 18.8. The Hall–Kier alpha value is -2.26. The molecule has 0 saturated heterocycles. The first-order valence-corrected chi connectivity index (χ1v) is 7.39. The van der Waals surface area contributed by atoms with Crippen LogP contribution in [0, 0.1) is 0 Å². The van der Waals surface area contributed by atoms with Gasteiger partial charge in [0, 0.05) is 51.2 Å². The Balaban J connectivity index is 1.99. The number of carbonyl (C=O) groups excluding carboxylic acids is 4. The van der Waals surface area contributed by atoms with Crippen LogP contribution < -0.4 is 16.4 Å². The van der Waals surface area contributed by atoms with Crippen LogP contribution in [0.3, 0.4) is 0 Å². The number of ether oxygens (including phenoxy) is 1. The van der Waals surface area contributed by atoms with E-state index in [-0.39, 0.29) is 44.4 Å². The third-order valence-electron chi connectivity index (χ3n) is 2.97. The molecule has 4 amide bonds. The minimum atomic E-state index is -0.404. The molecule has 1 aliphatic rings. The smallest absolute Gasteiger partial charge is 0.253 e. The summed E-state index contributed by atoms with van der Waals surface area (Å²) >= 11 is 0. The van der Waals surface area contributed by atoms with E-state index in [2.05, 4.69) is 10.6 Å². The molecule has 0 atom stereocenters. The molecule has 0 aromatic rings. The summed E-state index contributed by atoms with van der Waals surface area (Å²) in [5.41, 5.74) is 5.25. The quantitative estimate of drug-likeness (QED) is 0.294. The Morgan fingerprint density at radius 1 is 1.00 bits per heavy atom. The van der Waals surface area contributed by atoms with E-state index >= 15 is 0 Å². The van der Waals surface area contributed by atoms with E-state index in [1.54, 1.807) is 0 Å². The molecule has 9 nitrogen and oxygen atoms in total. The van der Waals surface area contributed by atoms with Gasteiger partial charge in [-0.25, -0.2) is 0 Å². The molecule has 1 aliphatic heterocycles. The minimum Gasteiger partial charge on any atom is -0.379 e. The van der Waals surface area contributed by atoms with Gasteiger partial charge in [0.15, 0.2) is 0 Å². The molecular formula is C14H22N4O5. The highest BCUT2D eigenvalue weighted by molar-refractivity contribution is 6.13. The summed E-state index contributed by atoms with van der Waals surface area (Å²) in [4.78, 5) is 46.4. The van der Waals surface area contributed by atoms with E-state index in [1.807, 2.05) is 0 Å². The zero-order valence-electron chi connectivity index (χ0n) is 12.9. The average molecular weight is 326 g/mol. The fraction of sp³-hybridized carbons (Fsp3) is 0.571. The predicted octanol–water partition coefficient (Wildman–Crippen LogP) is -2.10. The molecule has 0 saturated carbocycles. The van der Waals surface area contributed by atoms with Gasteiger partial charge >= 0.3 is 0 Å². The molecule has 23 heavy (non-hydrogen) atoms. The molecule has 1 heterocycles. The molecule has 0 spiro atoms. The van der Waals surface area contributed by atoms with Crippen LogP contribution >= 0.6 is 0 Å². The molecule has 0 aromatic heterocycles. The maximum Gasteiger partial charge on any atom is 0.253 e. The van der Waals surface area contributed by atoms with Gasteiger partial charge in [-0.1, -0.05) is 0 Å². The van der Waals surface area contributed by atoms with Crippen LogP contribution in [0.5, 0.6) is 0 Å². The highest BCUT2D eigenvalue weighted by Gasteiger charge is 2.23. The third-order valence-corrected chi connectivity index (χ3v) is 2.97. The summed E-state index contributed by atoms with van der Waals surface area (Å²) in [5.74, 6) is -1.21. The largest absolute Gasteiger partial charge is 0.379 e. The molecule has 0 radical (unpaired) electrons. The van der Waals surface area contributed by atoms with Crippen molar-refractivity contribution < 1.29 is 23.9 Å². The van der Waals surface area contributed by atoms with Gasteiger partial charge in [-0.2, -0.15) is 0 Å². The number of nitrogens with one attached hydrogen (secondary N) is 2. The lowest BCUT2D eigenvalue weighted by Gasteiger charge is -2.13. The Bertz CT molecular complexity index is 460. The topological polar surface area (TPSA) is 131 Å². The van der Waals surface area contributed by atoms with Gasteiger partial charge in [0.25, 0.3) is 11.8 Å². The fourth-order valence-electron chi connectivity index (χ4n) is 1.78. The van der Waals surface area contributed by atoms with Gasteiger partial charge in [0.2, 0.25) is 11.8 Å². The van der Waals surface area contributed by atoms with Gasteiger partial charge < -0.3 is 21.1 Å². The molecule has 0 aromatic carbocycles. The molecule has 128 valence electrons. The predicted molar refractivity (Wildman–Crippen MR) is 81.0 cm³/mol. The van der Waals surface area contributed by atoms with Crippen molar-refractivity contribution in [2.45, 2.75) is 12.8 Å². The number of amides is 4. The van der Waals surface area contributed by atoms with Gasteiger partial charge in [-0.05, 0) is 0 Å². The third kappa shape index (κ3) is 7.52. The van der Waals surface area contributed by atoms with E-state index < -0.39 is 11.8 Å². The van der Waals surface area contributed by atoms with Gasteiger partial charge in [0.1, 0.15) is 0 Å². The average Bonchev–Trinajstić information content (AvgIpc) is 2.85. The number of hydrogen-bond donors (Lipinski definition) is 3. The number of imide groups is 1. The van der Waals surface area contributed by atoms with E-state index in [1.165, 1.54) is 12.2 Å². The van der Waals surface area contributed by atoms with Crippen LogP contribution in [0.25, 0.3) is 0 Å². The lowest BCUT2D eigenvalue weighted by atomic mass is 10.3. The number of hydrogen-bond acceptors (Lipinski definition) is 6. The summed E-state index contributed by atoms with van der Waals surface area (Å²) in [6, 6.07) is 0. The summed E-state index contributed by atoms with van der Waals surface area (Å²) in [7, 11) is 0. The van der Waals surface area contributed by atoms with Crippen molar-refractivity contribution in [1.82, 2.24) is 15.5 Å². The van der Waals surface area contributed by atoms with Gasteiger partial charge in [0.05, 0.1) is 13.2 Å². The summed E-state index contributed by atoms with van der Waals surface area (Å²) in [6.07, 6.45) is 2.64. The molecule has 0 aliphatic carbocycles. The Kier molecular flexibility index (Phi) is 8.55. The molecule has 4 N–H and O–H groups in total. The number of carbonyl (C=O) groups is 4. The molecular weight excluding hydrogens is 304 g/mol. The van der Waals surface area contributed by atoms with E-state index in [0.29, 0.717) is 19.6 Å². The molecule has 9 heteroatoms. The first-order chi connectivity index (χ1) is 11.0. The fourth-order valence-corrected chi connectivity index (χ4v) is 1.78. The maximum atomic E-state index is 11.6. The SMILES string of the molecule is NCCNC(=O)CCOCCNC(=O)CCN1C(=O)C=CC1=O. The first-order valence-electron chi connectivity index (χ1n) is 7.39. The molecule has 0 fully saturated rings. The van der Waals surface area contributed by atoms with Crippen molar-refractivity contribution in [3.63, 3.8) is 0 Å². The summed E-state index contributed by atoms with van der Waals surface area (Å²) in [6.45, 7) is 1.71. The van der Waals surface area contributed by atoms with Gasteiger partial charge in [-0.15, -0.1) is 0 Å². The van der Waals surface area contributed by atoms with Crippen LogP contribution in [0.2, 0.25) is 0 Å². The van der Waals surface area contributed by atoms with E-state index in [0.717, 1.165) is 4.90 Å². The lowest BCUT2D eigenvalue weighted by Crippen LogP contribution is -2.35. The minimum absolute atomic E-state index is 0.0423. The monoisotopic (exact) mass is 326 g/mol. The van der Waals surface area contributed by atoms with E-state index in [4.69, 9.17) is 10.5 Å². The van der Waals surface area contributed by atoms with Crippen LogP contribution in [0.4, 0.5) is 0 Å². The van der Waals surface area contributed by atoms with Crippen molar-refractivity contribution in [2.75, 3.05) is 39.4 Å². The number of nitrogens with zero attached hydrogens (tertiary/aromatic N) is 1. The van der Waals surface area contributed by atoms with Gasteiger partial charge in [-0.3, -0.25) is 24.1 Å². The lowest BCUT2D eigenvalue weighted by molar-refractivity contribution is -0.137. The van der Waals surface area contributed by atoms with Crippen molar-refractivity contribution in [1.29, 1.82) is 0 Å². The highest BCUT2D eigenvalue weighted by Crippen LogP contribution is 2.03.